The second-order valence-corrected chi connectivity index (χ2v) is 6.88. The number of hydrogen-bond acceptors (Lipinski definition) is 4. The number of carbonyl (C=O) groups excluding carboxylic acids is 1. The van der Waals surface area contributed by atoms with E-state index in [-0.39, 0.29) is 11.6 Å². The van der Waals surface area contributed by atoms with Gasteiger partial charge in [0.1, 0.15) is 11.4 Å². The number of anilines is 1. The second kappa shape index (κ2) is 7.64. The van der Waals surface area contributed by atoms with Gasteiger partial charge >= 0.3 is 5.69 Å². The lowest BCUT2D eigenvalue weighted by molar-refractivity contribution is -0.386. The molecule has 0 aliphatic carbocycles. The average Bonchev–Trinajstić information content (AvgIpc) is 2.92. The van der Waals surface area contributed by atoms with Gasteiger partial charge < -0.3 is 5.32 Å². The van der Waals surface area contributed by atoms with Crippen LogP contribution in [0.15, 0.2) is 42.5 Å². The van der Waals surface area contributed by atoms with Crippen molar-refractivity contribution in [1.82, 2.24) is 9.78 Å². The molecule has 0 aliphatic heterocycles. The standard InChI is InChI=1S/C21H22N4O3/c1-13-5-10-19(11-14(13)2)22-21(26)18-8-6-17(7-9-18)12-24-16(4)20(25(27)28)15(3)23-24/h5-11H,12H2,1-4H3,(H,22,26). The van der Waals surface area contributed by atoms with Gasteiger partial charge in [-0.15, -0.1) is 0 Å². The molecule has 0 bridgehead atoms. The Morgan fingerprint density at radius 1 is 1.07 bits per heavy atom. The van der Waals surface area contributed by atoms with Crippen molar-refractivity contribution in [3.8, 4) is 0 Å². The molecule has 0 fully saturated rings. The third-order valence-electron chi connectivity index (χ3n) is 4.84. The molecule has 1 heterocycles. The maximum absolute atomic E-state index is 12.5. The number of aryl methyl sites for hydroxylation is 3. The molecule has 2 aromatic carbocycles. The minimum absolute atomic E-state index is 0.0457. The fraction of sp³-hybridized carbons (Fsp3) is 0.238. The van der Waals surface area contributed by atoms with E-state index in [0.29, 0.717) is 23.5 Å². The summed E-state index contributed by atoms with van der Waals surface area (Å²) in [5.41, 5.74) is 5.45. The normalized spacial score (nSPS) is 10.7. The van der Waals surface area contributed by atoms with Gasteiger partial charge in [-0.1, -0.05) is 18.2 Å². The van der Waals surface area contributed by atoms with E-state index in [1.807, 2.05) is 44.2 Å². The minimum atomic E-state index is -0.408. The lowest BCUT2D eigenvalue weighted by Crippen LogP contribution is -2.12. The van der Waals surface area contributed by atoms with Crippen LogP contribution in [0.4, 0.5) is 11.4 Å². The Kier molecular flexibility index (Phi) is 5.26. The van der Waals surface area contributed by atoms with Gasteiger partial charge in [0, 0.05) is 11.3 Å². The summed E-state index contributed by atoms with van der Waals surface area (Å²) >= 11 is 0. The Labute approximate surface area is 163 Å². The first kappa shape index (κ1) is 19.3. The van der Waals surface area contributed by atoms with Crippen molar-refractivity contribution in [1.29, 1.82) is 0 Å². The van der Waals surface area contributed by atoms with Gasteiger partial charge in [-0.2, -0.15) is 5.10 Å². The lowest BCUT2D eigenvalue weighted by Gasteiger charge is -2.09. The highest BCUT2D eigenvalue weighted by Crippen LogP contribution is 2.22. The van der Waals surface area contributed by atoms with Gasteiger partial charge in [0.2, 0.25) is 0 Å². The molecule has 7 heteroatoms. The Hall–Kier alpha value is -3.48. The molecule has 0 unspecified atom stereocenters. The zero-order chi connectivity index (χ0) is 20.4. The molecular weight excluding hydrogens is 356 g/mol. The Morgan fingerprint density at radius 2 is 1.75 bits per heavy atom. The van der Waals surface area contributed by atoms with Gasteiger partial charge in [-0.3, -0.25) is 19.6 Å². The molecule has 144 valence electrons. The van der Waals surface area contributed by atoms with E-state index in [0.717, 1.165) is 16.8 Å². The minimum Gasteiger partial charge on any atom is -0.322 e. The molecule has 0 saturated carbocycles. The van der Waals surface area contributed by atoms with Crippen LogP contribution in [0, 0.1) is 37.8 Å². The smallest absolute Gasteiger partial charge is 0.312 e. The molecular formula is C21H22N4O3. The van der Waals surface area contributed by atoms with Crippen LogP contribution in [0.5, 0.6) is 0 Å². The van der Waals surface area contributed by atoms with Gasteiger partial charge in [0.15, 0.2) is 0 Å². The van der Waals surface area contributed by atoms with Gasteiger partial charge in [0.25, 0.3) is 5.91 Å². The van der Waals surface area contributed by atoms with Crippen molar-refractivity contribution in [3.63, 3.8) is 0 Å². The maximum atomic E-state index is 12.5. The number of amides is 1. The summed E-state index contributed by atoms with van der Waals surface area (Å²) in [5, 5.41) is 18.3. The van der Waals surface area contributed by atoms with E-state index in [9.17, 15) is 14.9 Å². The van der Waals surface area contributed by atoms with Gasteiger partial charge in [-0.05, 0) is 68.7 Å². The van der Waals surface area contributed by atoms with Crippen LogP contribution >= 0.6 is 0 Å². The number of nitrogens with zero attached hydrogens (tertiary/aromatic N) is 3. The van der Waals surface area contributed by atoms with Crippen molar-refractivity contribution in [2.75, 3.05) is 5.32 Å². The van der Waals surface area contributed by atoms with Crippen molar-refractivity contribution < 1.29 is 9.72 Å². The van der Waals surface area contributed by atoms with Crippen LogP contribution in [0.1, 0.15) is 38.4 Å². The van der Waals surface area contributed by atoms with Gasteiger partial charge in [-0.25, -0.2) is 0 Å². The SMILES string of the molecule is Cc1ccc(NC(=O)c2ccc(Cn3nc(C)c([N+](=O)[O-])c3C)cc2)cc1C. The summed E-state index contributed by atoms with van der Waals surface area (Å²) < 4.78 is 1.61. The Morgan fingerprint density at radius 3 is 2.32 bits per heavy atom. The van der Waals surface area contributed by atoms with Crippen molar-refractivity contribution in [3.05, 3.63) is 86.2 Å². The van der Waals surface area contributed by atoms with E-state index in [1.165, 1.54) is 5.56 Å². The first-order valence-electron chi connectivity index (χ1n) is 8.92. The van der Waals surface area contributed by atoms with Crippen LogP contribution in [-0.2, 0) is 6.54 Å². The predicted molar refractivity (Wildman–Crippen MR) is 108 cm³/mol. The summed E-state index contributed by atoms with van der Waals surface area (Å²) in [6.07, 6.45) is 0. The molecule has 7 nitrogen and oxygen atoms in total. The number of aromatic nitrogens is 2. The molecule has 3 aromatic rings. The highest BCUT2D eigenvalue weighted by molar-refractivity contribution is 6.04. The molecule has 0 radical (unpaired) electrons. The topological polar surface area (TPSA) is 90.1 Å². The average molecular weight is 378 g/mol. The van der Waals surface area contributed by atoms with Crippen molar-refractivity contribution in [2.45, 2.75) is 34.2 Å². The van der Waals surface area contributed by atoms with Gasteiger partial charge in [0.05, 0.1) is 11.5 Å². The summed E-state index contributed by atoms with van der Waals surface area (Å²) in [4.78, 5) is 23.2. The van der Waals surface area contributed by atoms with Crippen LogP contribution < -0.4 is 5.32 Å². The molecule has 3 rings (SSSR count). The lowest BCUT2D eigenvalue weighted by atomic mass is 10.1. The first-order chi connectivity index (χ1) is 13.3. The van der Waals surface area contributed by atoms with E-state index < -0.39 is 4.92 Å². The highest BCUT2D eigenvalue weighted by Gasteiger charge is 2.21. The maximum Gasteiger partial charge on any atom is 0.312 e. The highest BCUT2D eigenvalue weighted by atomic mass is 16.6. The summed E-state index contributed by atoms with van der Waals surface area (Å²) in [5.74, 6) is -0.184. The fourth-order valence-corrected chi connectivity index (χ4v) is 3.06. The fourth-order valence-electron chi connectivity index (χ4n) is 3.06. The van der Waals surface area contributed by atoms with Crippen LogP contribution in [-0.4, -0.2) is 20.6 Å². The Balaban J connectivity index is 1.73. The Bertz CT molecular complexity index is 1050. The quantitative estimate of drug-likeness (QED) is 0.529. The number of benzene rings is 2. The number of nitro groups is 1. The van der Waals surface area contributed by atoms with E-state index in [2.05, 4.69) is 10.4 Å². The van der Waals surface area contributed by atoms with E-state index in [4.69, 9.17) is 0 Å². The third-order valence-corrected chi connectivity index (χ3v) is 4.84. The molecule has 1 aromatic heterocycles. The zero-order valence-corrected chi connectivity index (χ0v) is 16.3. The zero-order valence-electron chi connectivity index (χ0n) is 16.3. The molecule has 0 atom stereocenters. The molecule has 0 spiro atoms. The van der Waals surface area contributed by atoms with E-state index in [1.54, 1.807) is 30.7 Å². The van der Waals surface area contributed by atoms with Crippen molar-refractivity contribution in [2.24, 2.45) is 0 Å². The largest absolute Gasteiger partial charge is 0.322 e. The third kappa shape index (κ3) is 3.93. The molecule has 1 N–H and O–H groups in total. The predicted octanol–water partition coefficient (Wildman–Crippen LogP) is 4.33. The number of nitrogens with one attached hydrogen (secondary N) is 1. The summed E-state index contributed by atoms with van der Waals surface area (Å²) in [7, 11) is 0. The first-order valence-corrected chi connectivity index (χ1v) is 8.92. The summed E-state index contributed by atoms with van der Waals surface area (Å²) in [6, 6.07) is 12.9. The molecule has 0 aliphatic rings. The van der Waals surface area contributed by atoms with Crippen LogP contribution in [0.2, 0.25) is 0 Å². The van der Waals surface area contributed by atoms with Crippen LogP contribution in [0.3, 0.4) is 0 Å². The monoisotopic (exact) mass is 378 g/mol. The summed E-state index contributed by atoms with van der Waals surface area (Å²) in [6.45, 7) is 7.74. The van der Waals surface area contributed by atoms with E-state index >= 15 is 0 Å². The number of rotatable bonds is 5. The number of carbonyl (C=O) groups is 1. The molecule has 1 amide bonds. The van der Waals surface area contributed by atoms with Crippen molar-refractivity contribution >= 4 is 17.3 Å². The van der Waals surface area contributed by atoms with Crippen LogP contribution in [0.25, 0.3) is 0 Å². The second-order valence-electron chi connectivity index (χ2n) is 6.88. The number of hydrogen-bond donors (Lipinski definition) is 1. The molecule has 28 heavy (non-hydrogen) atoms. The molecule has 0 saturated heterocycles.